The highest BCUT2D eigenvalue weighted by Crippen LogP contribution is 2.24. The molecule has 5 nitrogen and oxygen atoms in total. The Kier molecular flexibility index (Phi) is 3.64. The topological polar surface area (TPSA) is 59.8 Å². The summed E-state index contributed by atoms with van der Waals surface area (Å²) in [6.45, 7) is 1.49. The molecule has 0 aliphatic carbocycles. The highest BCUT2D eigenvalue weighted by molar-refractivity contribution is 6.05. The number of likely N-dealkylation sites (tertiary alicyclic amines) is 1. The van der Waals surface area contributed by atoms with Crippen LogP contribution in [0.5, 0.6) is 5.75 Å². The van der Waals surface area contributed by atoms with Crippen LogP contribution in [0.1, 0.15) is 29.6 Å². The van der Waals surface area contributed by atoms with Gasteiger partial charge in [0.1, 0.15) is 11.3 Å². The number of benzene rings is 1. The van der Waals surface area contributed by atoms with E-state index in [2.05, 4.69) is 0 Å². The van der Waals surface area contributed by atoms with Gasteiger partial charge in [0.2, 0.25) is 0 Å². The van der Waals surface area contributed by atoms with Crippen LogP contribution in [-0.2, 0) is 0 Å². The van der Waals surface area contributed by atoms with Crippen molar-refractivity contribution >= 4 is 16.9 Å². The molecule has 0 atom stereocenters. The molecule has 1 aromatic carbocycles. The van der Waals surface area contributed by atoms with Gasteiger partial charge < -0.3 is 14.1 Å². The Morgan fingerprint density at radius 1 is 1.19 bits per heavy atom. The van der Waals surface area contributed by atoms with Crippen molar-refractivity contribution in [2.75, 3.05) is 20.2 Å². The van der Waals surface area contributed by atoms with Crippen LogP contribution >= 0.6 is 0 Å². The van der Waals surface area contributed by atoms with E-state index in [0.29, 0.717) is 22.3 Å². The third kappa shape index (κ3) is 2.63. The zero-order valence-corrected chi connectivity index (χ0v) is 11.9. The van der Waals surface area contributed by atoms with Gasteiger partial charge in [-0.05, 0) is 31.4 Å². The van der Waals surface area contributed by atoms with Crippen molar-refractivity contribution in [1.29, 1.82) is 0 Å². The summed E-state index contributed by atoms with van der Waals surface area (Å²) < 4.78 is 10.3. The number of hydrogen-bond acceptors (Lipinski definition) is 4. The summed E-state index contributed by atoms with van der Waals surface area (Å²) in [6, 6.07) is 6.43. The molecule has 0 saturated carbocycles. The van der Waals surface area contributed by atoms with E-state index in [1.807, 2.05) is 4.90 Å². The fraction of sp³-hybridized carbons (Fsp3) is 0.375. The maximum atomic E-state index is 12.6. The molecule has 21 heavy (non-hydrogen) atoms. The maximum absolute atomic E-state index is 12.6. The van der Waals surface area contributed by atoms with Crippen LogP contribution in [0.15, 0.2) is 33.5 Å². The normalized spacial score (nSPS) is 15.2. The van der Waals surface area contributed by atoms with Crippen molar-refractivity contribution in [2.45, 2.75) is 19.3 Å². The van der Waals surface area contributed by atoms with Crippen LogP contribution < -0.4 is 10.4 Å². The van der Waals surface area contributed by atoms with Crippen molar-refractivity contribution in [1.82, 2.24) is 4.90 Å². The fourth-order valence-corrected chi connectivity index (χ4v) is 2.71. The number of carbonyl (C=O) groups is 1. The first-order chi connectivity index (χ1) is 10.2. The van der Waals surface area contributed by atoms with Gasteiger partial charge in [0.25, 0.3) is 5.91 Å². The minimum absolute atomic E-state index is 0.0993. The quantitative estimate of drug-likeness (QED) is 0.796. The Labute approximate surface area is 122 Å². The van der Waals surface area contributed by atoms with Gasteiger partial charge in [-0.15, -0.1) is 0 Å². The standard InChI is InChI=1S/C16H17NO4/c1-20-11-5-6-12-13(10-15(18)21-14(12)9-11)16(19)17-7-3-2-4-8-17/h5-6,9-10H,2-4,7-8H2,1H3. The van der Waals surface area contributed by atoms with E-state index in [1.165, 1.54) is 6.07 Å². The Hall–Kier alpha value is -2.30. The molecule has 2 aromatic rings. The van der Waals surface area contributed by atoms with E-state index in [9.17, 15) is 9.59 Å². The molecule has 110 valence electrons. The van der Waals surface area contributed by atoms with Crippen molar-refractivity contribution < 1.29 is 13.9 Å². The lowest BCUT2D eigenvalue weighted by Crippen LogP contribution is -2.36. The van der Waals surface area contributed by atoms with Gasteiger partial charge >= 0.3 is 5.63 Å². The van der Waals surface area contributed by atoms with Crippen molar-refractivity contribution in [2.24, 2.45) is 0 Å². The van der Waals surface area contributed by atoms with Crippen LogP contribution in [0.25, 0.3) is 11.0 Å². The molecule has 0 N–H and O–H groups in total. The Morgan fingerprint density at radius 3 is 2.67 bits per heavy atom. The van der Waals surface area contributed by atoms with Crippen molar-refractivity contribution in [3.63, 3.8) is 0 Å². The Morgan fingerprint density at radius 2 is 1.95 bits per heavy atom. The molecular formula is C16H17NO4. The first-order valence-corrected chi connectivity index (χ1v) is 7.10. The number of nitrogens with zero attached hydrogens (tertiary/aromatic N) is 1. The average molecular weight is 287 g/mol. The van der Waals surface area contributed by atoms with E-state index < -0.39 is 5.63 Å². The van der Waals surface area contributed by atoms with Crippen molar-refractivity contribution in [3.8, 4) is 5.75 Å². The first kappa shape index (κ1) is 13.7. The van der Waals surface area contributed by atoms with Crippen LogP contribution in [-0.4, -0.2) is 31.0 Å². The molecule has 2 heterocycles. The maximum Gasteiger partial charge on any atom is 0.337 e. The predicted octanol–water partition coefficient (Wildman–Crippen LogP) is 2.43. The monoisotopic (exact) mass is 287 g/mol. The molecule has 0 unspecified atom stereocenters. The summed E-state index contributed by atoms with van der Waals surface area (Å²) in [5.41, 5.74) is 0.268. The third-order valence-corrected chi connectivity index (χ3v) is 3.83. The second kappa shape index (κ2) is 5.60. The minimum atomic E-state index is -0.517. The van der Waals surface area contributed by atoms with E-state index in [0.717, 1.165) is 32.4 Å². The largest absolute Gasteiger partial charge is 0.497 e. The van der Waals surface area contributed by atoms with Crippen LogP contribution in [0.3, 0.4) is 0 Å². The average Bonchev–Trinajstić information content (AvgIpc) is 2.53. The zero-order valence-electron chi connectivity index (χ0n) is 11.9. The summed E-state index contributed by atoms with van der Waals surface area (Å²) >= 11 is 0. The molecule has 0 radical (unpaired) electrons. The van der Waals surface area contributed by atoms with Gasteiger partial charge in [0, 0.05) is 30.6 Å². The Bertz CT molecular complexity index is 729. The minimum Gasteiger partial charge on any atom is -0.497 e. The number of amides is 1. The van der Waals surface area contributed by atoms with Crippen molar-refractivity contribution in [3.05, 3.63) is 40.2 Å². The highest BCUT2D eigenvalue weighted by atomic mass is 16.5. The van der Waals surface area contributed by atoms with Gasteiger partial charge in [-0.1, -0.05) is 0 Å². The van der Waals surface area contributed by atoms with Crippen LogP contribution in [0, 0.1) is 0 Å². The third-order valence-electron chi connectivity index (χ3n) is 3.83. The van der Waals surface area contributed by atoms with E-state index in [-0.39, 0.29) is 5.91 Å². The van der Waals surface area contributed by atoms with E-state index >= 15 is 0 Å². The summed E-state index contributed by atoms with van der Waals surface area (Å²) in [4.78, 5) is 26.2. The molecule has 1 aliphatic rings. The van der Waals surface area contributed by atoms with Gasteiger partial charge in [-0.25, -0.2) is 4.79 Å². The molecule has 1 aromatic heterocycles. The molecule has 1 aliphatic heterocycles. The zero-order chi connectivity index (χ0) is 14.8. The van der Waals surface area contributed by atoms with E-state index in [1.54, 1.807) is 25.3 Å². The molecule has 1 saturated heterocycles. The predicted molar refractivity (Wildman–Crippen MR) is 78.8 cm³/mol. The van der Waals surface area contributed by atoms with Gasteiger partial charge in [0.15, 0.2) is 0 Å². The number of rotatable bonds is 2. The number of hydrogen-bond donors (Lipinski definition) is 0. The van der Waals surface area contributed by atoms with Crippen LogP contribution in [0.2, 0.25) is 0 Å². The molecular weight excluding hydrogens is 270 g/mol. The highest BCUT2D eigenvalue weighted by Gasteiger charge is 2.21. The fourth-order valence-electron chi connectivity index (χ4n) is 2.71. The summed E-state index contributed by atoms with van der Waals surface area (Å²) in [6.07, 6.45) is 3.18. The molecule has 0 spiro atoms. The summed E-state index contributed by atoms with van der Waals surface area (Å²) in [5.74, 6) is 0.492. The van der Waals surface area contributed by atoms with Gasteiger partial charge in [-0.2, -0.15) is 0 Å². The molecule has 5 heteroatoms. The molecule has 3 rings (SSSR count). The number of fused-ring (bicyclic) bond motifs is 1. The van der Waals surface area contributed by atoms with Crippen LogP contribution in [0.4, 0.5) is 0 Å². The number of carbonyl (C=O) groups excluding carboxylic acids is 1. The Balaban J connectivity index is 2.08. The van der Waals surface area contributed by atoms with Gasteiger partial charge in [-0.3, -0.25) is 4.79 Å². The molecule has 0 bridgehead atoms. The van der Waals surface area contributed by atoms with Gasteiger partial charge in [0.05, 0.1) is 12.7 Å². The second-order valence-electron chi connectivity index (χ2n) is 5.19. The second-order valence-corrected chi connectivity index (χ2v) is 5.19. The number of methoxy groups -OCH3 is 1. The summed E-state index contributed by atoms with van der Waals surface area (Å²) in [7, 11) is 1.54. The first-order valence-electron chi connectivity index (χ1n) is 7.10. The van der Waals surface area contributed by atoms with E-state index in [4.69, 9.17) is 9.15 Å². The molecule has 1 amide bonds. The summed E-state index contributed by atoms with van der Waals surface area (Å²) in [5, 5.41) is 0.644. The lowest BCUT2D eigenvalue weighted by Gasteiger charge is -2.27. The lowest BCUT2D eigenvalue weighted by atomic mass is 10.1. The number of ether oxygens (including phenoxy) is 1. The smallest absolute Gasteiger partial charge is 0.337 e. The molecule has 1 fully saturated rings. The lowest BCUT2D eigenvalue weighted by molar-refractivity contribution is 0.0725. The number of piperidine rings is 1. The SMILES string of the molecule is COc1ccc2c(C(=O)N3CCCCC3)cc(=O)oc2c1.